The summed E-state index contributed by atoms with van der Waals surface area (Å²) in [5, 5.41) is 4.06. The number of hydrogen-bond donors (Lipinski definition) is 2. The van der Waals surface area contributed by atoms with Gasteiger partial charge in [0.2, 0.25) is 0 Å². The Morgan fingerprint density at radius 3 is 2.82 bits per heavy atom. The number of nitrogens with one attached hydrogen (secondary N) is 1. The number of fused-ring (bicyclic) bond motifs is 1. The number of esters is 1. The largest absolute Gasteiger partial charge is 0.462 e. The third kappa shape index (κ3) is 2.60. The predicted molar refractivity (Wildman–Crippen MR) is 89.7 cm³/mol. The molecule has 0 saturated heterocycles. The van der Waals surface area contributed by atoms with Gasteiger partial charge < -0.3 is 15.8 Å². The van der Waals surface area contributed by atoms with Gasteiger partial charge >= 0.3 is 5.97 Å². The normalized spacial score (nSPS) is 10.6. The molecule has 3 rings (SSSR count). The lowest BCUT2D eigenvalue weighted by molar-refractivity contribution is 0.0533. The Labute approximate surface area is 131 Å². The van der Waals surface area contributed by atoms with Crippen molar-refractivity contribution in [1.82, 2.24) is 4.98 Å². The zero-order valence-corrected chi connectivity index (χ0v) is 12.8. The number of nitrogens with two attached hydrogens (primary N) is 1. The average Bonchev–Trinajstić information content (AvgIpc) is 2.87. The first kappa shape index (κ1) is 14.3. The smallest absolute Gasteiger partial charge is 0.350 e. The Morgan fingerprint density at radius 2 is 2.09 bits per heavy atom. The van der Waals surface area contributed by atoms with Gasteiger partial charge in [0.25, 0.3) is 0 Å². The summed E-state index contributed by atoms with van der Waals surface area (Å²) in [6.45, 7) is 2.08. The summed E-state index contributed by atoms with van der Waals surface area (Å²) in [5.74, 6) is -0.409. The maximum absolute atomic E-state index is 12.0. The van der Waals surface area contributed by atoms with Crippen LogP contribution in [-0.4, -0.2) is 17.6 Å². The number of carbonyl (C=O) groups is 1. The molecule has 0 fully saturated rings. The molecule has 0 amide bonds. The van der Waals surface area contributed by atoms with Crippen LogP contribution >= 0.6 is 11.3 Å². The van der Waals surface area contributed by atoms with E-state index in [0.717, 1.165) is 16.8 Å². The molecule has 112 valence electrons. The van der Waals surface area contributed by atoms with Crippen LogP contribution in [0.25, 0.3) is 10.2 Å². The number of benzene rings is 1. The van der Waals surface area contributed by atoms with Crippen molar-refractivity contribution in [2.24, 2.45) is 0 Å². The van der Waals surface area contributed by atoms with Crippen LogP contribution in [0.15, 0.2) is 42.6 Å². The average molecular weight is 313 g/mol. The number of pyridine rings is 1. The highest BCUT2D eigenvalue weighted by molar-refractivity contribution is 7.21. The van der Waals surface area contributed by atoms with Crippen LogP contribution in [0.4, 0.5) is 17.1 Å². The van der Waals surface area contributed by atoms with Crippen LogP contribution < -0.4 is 11.1 Å². The molecule has 2 aromatic heterocycles. The lowest BCUT2D eigenvalue weighted by Gasteiger charge is -2.08. The second-order valence-corrected chi connectivity index (χ2v) is 5.59. The van der Waals surface area contributed by atoms with E-state index in [1.165, 1.54) is 11.3 Å². The molecule has 0 aliphatic rings. The fraction of sp³-hybridized carbons (Fsp3) is 0.125. The van der Waals surface area contributed by atoms with Gasteiger partial charge in [-0.15, -0.1) is 11.3 Å². The van der Waals surface area contributed by atoms with Crippen LogP contribution in [0, 0.1) is 0 Å². The minimum atomic E-state index is -0.409. The molecule has 0 saturated carbocycles. The van der Waals surface area contributed by atoms with E-state index >= 15 is 0 Å². The Bertz CT molecular complexity index is 815. The topological polar surface area (TPSA) is 77.2 Å². The van der Waals surface area contributed by atoms with Crippen molar-refractivity contribution in [2.75, 3.05) is 17.7 Å². The summed E-state index contributed by atoms with van der Waals surface area (Å²) >= 11 is 1.25. The van der Waals surface area contributed by atoms with Crippen LogP contribution in [0.3, 0.4) is 0 Å². The molecule has 0 aliphatic carbocycles. The van der Waals surface area contributed by atoms with Gasteiger partial charge in [-0.3, -0.25) is 0 Å². The standard InChI is InChI=1S/C16H15N3O2S/c1-2-21-16(20)14-13(17)12-11(8-9-18-15(12)22-14)19-10-6-4-3-5-7-10/h3-9H,2,17H2,1H3,(H,18,19). The van der Waals surface area contributed by atoms with Crippen molar-refractivity contribution in [1.29, 1.82) is 0 Å². The number of para-hydroxylation sites is 1. The summed E-state index contributed by atoms with van der Waals surface area (Å²) in [5.41, 5.74) is 8.32. The number of hydrogen-bond acceptors (Lipinski definition) is 6. The lowest BCUT2D eigenvalue weighted by atomic mass is 10.2. The molecule has 2 heterocycles. The zero-order valence-electron chi connectivity index (χ0n) is 12.0. The third-order valence-electron chi connectivity index (χ3n) is 3.14. The van der Waals surface area contributed by atoms with E-state index in [9.17, 15) is 4.79 Å². The van der Waals surface area contributed by atoms with E-state index in [0.29, 0.717) is 22.0 Å². The minimum Gasteiger partial charge on any atom is -0.462 e. The highest BCUT2D eigenvalue weighted by atomic mass is 32.1. The second kappa shape index (κ2) is 6.03. The molecular formula is C16H15N3O2S. The summed E-state index contributed by atoms with van der Waals surface area (Å²) in [6.07, 6.45) is 1.69. The van der Waals surface area contributed by atoms with Crippen molar-refractivity contribution in [3.05, 3.63) is 47.5 Å². The fourth-order valence-electron chi connectivity index (χ4n) is 2.17. The van der Waals surface area contributed by atoms with Crippen molar-refractivity contribution in [2.45, 2.75) is 6.92 Å². The molecule has 0 spiro atoms. The fourth-order valence-corrected chi connectivity index (χ4v) is 3.16. The number of aromatic nitrogens is 1. The third-order valence-corrected chi connectivity index (χ3v) is 4.24. The van der Waals surface area contributed by atoms with Crippen LogP contribution in [0.2, 0.25) is 0 Å². The molecule has 0 atom stereocenters. The number of rotatable bonds is 4. The molecule has 0 aliphatic heterocycles. The SMILES string of the molecule is CCOC(=O)c1sc2nccc(Nc3ccccc3)c2c1N. The Balaban J connectivity index is 2.06. The molecule has 0 radical (unpaired) electrons. The maximum atomic E-state index is 12.0. The molecular weight excluding hydrogens is 298 g/mol. The number of anilines is 3. The van der Waals surface area contributed by atoms with E-state index in [1.807, 2.05) is 36.4 Å². The maximum Gasteiger partial charge on any atom is 0.350 e. The van der Waals surface area contributed by atoms with Crippen molar-refractivity contribution < 1.29 is 9.53 Å². The molecule has 0 bridgehead atoms. The van der Waals surface area contributed by atoms with Gasteiger partial charge in [-0.2, -0.15) is 0 Å². The van der Waals surface area contributed by atoms with E-state index in [2.05, 4.69) is 10.3 Å². The first-order valence-corrected chi connectivity index (χ1v) is 7.68. The summed E-state index contributed by atoms with van der Waals surface area (Å²) in [7, 11) is 0. The number of thiophene rings is 1. The van der Waals surface area contributed by atoms with E-state index in [-0.39, 0.29) is 0 Å². The van der Waals surface area contributed by atoms with E-state index in [4.69, 9.17) is 10.5 Å². The highest BCUT2D eigenvalue weighted by Crippen LogP contribution is 2.38. The monoisotopic (exact) mass is 313 g/mol. The van der Waals surface area contributed by atoms with Gasteiger partial charge in [-0.25, -0.2) is 9.78 Å². The van der Waals surface area contributed by atoms with E-state index in [1.54, 1.807) is 13.1 Å². The van der Waals surface area contributed by atoms with E-state index < -0.39 is 5.97 Å². The quantitative estimate of drug-likeness (QED) is 0.716. The highest BCUT2D eigenvalue weighted by Gasteiger charge is 2.20. The van der Waals surface area contributed by atoms with Gasteiger partial charge in [0.1, 0.15) is 9.71 Å². The Hall–Kier alpha value is -2.60. The minimum absolute atomic E-state index is 0.315. The number of ether oxygens (including phenoxy) is 1. The molecule has 6 heteroatoms. The van der Waals surface area contributed by atoms with Crippen molar-refractivity contribution >= 4 is 44.6 Å². The number of carbonyl (C=O) groups excluding carboxylic acids is 1. The van der Waals surface area contributed by atoms with Crippen molar-refractivity contribution in [3.8, 4) is 0 Å². The molecule has 5 nitrogen and oxygen atoms in total. The first-order valence-electron chi connectivity index (χ1n) is 6.87. The Kier molecular flexibility index (Phi) is 3.93. The van der Waals surface area contributed by atoms with Gasteiger partial charge in [0, 0.05) is 11.9 Å². The lowest BCUT2D eigenvalue weighted by Crippen LogP contribution is -2.05. The van der Waals surface area contributed by atoms with Crippen molar-refractivity contribution in [3.63, 3.8) is 0 Å². The summed E-state index contributed by atoms with van der Waals surface area (Å²) in [6, 6.07) is 11.6. The van der Waals surface area contributed by atoms with Crippen LogP contribution in [0.1, 0.15) is 16.6 Å². The number of nitrogens with zero attached hydrogens (tertiary/aromatic N) is 1. The van der Waals surface area contributed by atoms with Crippen LogP contribution in [0.5, 0.6) is 0 Å². The Morgan fingerprint density at radius 1 is 1.32 bits per heavy atom. The van der Waals surface area contributed by atoms with Gasteiger partial charge in [-0.05, 0) is 25.1 Å². The molecule has 3 N–H and O–H groups in total. The molecule has 22 heavy (non-hydrogen) atoms. The number of nitrogen functional groups attached to an aromatic ring is 1. The summed E-state index contributed by atoms with van der Waals surface area (Å²) in [4.78, 5) is 17.4. The summed E-state index contributed by atoms with van der Waals surface area (Å²) < 4.78 is 5.04. The van der Waals surface area contributed by atoms with Gasteiger partial charge in [-0.1, -0.05) is 18.2 Å². The van der Waals surface area contributed by atoms with Gasteiger partial charge in [0.15, 0.2) is 0 Å². The molecule has 0 unspecified atom stereocenters. The molecule has 1 aromatic carbocycles. The molecule has 3 aromatic rings. The first-order chi connectivity index (χ1) is 10.7. The predicted octanol–water partition coefficient (Wildman–Crippen LogP) is 3.80. The zero-order chi connectivity index (χ0) is 15.5. The van der Waals surface area contributed by atoms with Crippen LogP contribution in [-0.2, 0) is 4.74 Å². The second-order valence-electron chi connectivity index (χ2n) is 4.60. The van der Waals surface area contributed by atoms with Gasteiger partial charge in [0.05, 0.1) is 23.4 Å².